The first-order chi connectivity index (χ1) is 11.1. The van der Waals surface area contributed by atoms with Gasteiger partial charge in [-0.05, 0) is 36.1 Å². The third-order valence-electron chi connectivity index (χ3n) is 3.84. The summed E-state index contributed by atoms with van der Waals surface area (Å²) < 4.78 is 29.8. The highest BCUT2D eigenvalue weighted by Gasteiger charge is 2.18. The summed E-state index contributed by atoms with van der Waals surface area (Å²) >= 11 is 0. The van der Waals surface area contributed by atoms with E-state index < -0.39 is 9.84 Å². The molecule has 1 amide bonds. The van der Waals surface area contributed by atoms with Crippen LogP contribution in [0.4, 0.5) is 0 Å². The average molecular weight is 349 g/mol. The molecule has 1 heterocycles. The normalized spacial score (nSPS) is 12.2. The second kappa shape index (κ2) is 6.81. The third-order valence-corrected chi connectivity index (χ3v) is 5.57. The molecule has 0 radical (unpaired) electrons. The lowest BCUT2D eigenvalue weighted by Crippen LogP contribution is -2.29. The van der Waals surface area contributed by atoms with Crippen molar-refractivity contribution in [1.29, 1.82) is 0 Å². The zero-order valence-corrected chi connectivity index (χ0v) is 15.2. The molecule has 0 bridgehead atoms. The van der Waals surface area contributed by atoms with E-state index in [0.29, 0.717) is 11.3 Å². The number of hydrogen-bond donors (Lipinski definition) is 1. The molecule has 130 valence electrons. The summed E-state index contributed by atoms with van der Waals surface area (Å²) in [6.45, 7) is 7.95. The van der Waals surface area contributed by atoms with E-state index in [2.05, 4.69) is 26.1 Å². The number of nitrogens with one attached hydrogen (secondary N) is 1. The minimum Gasteiger partial charge on any atom is -0.469 e. The van der Waals surface area contributed by atoms with Crippen LogP contribution >= 0.6 is 0 Å². The van der Waals surface area contributed by atoms with Crippen molar-refractivity contribution in [2.24, 2.45) is 0 Å². The molecular weight excluding hydrogens is 326 g/mol. The summed E-state index contributed by atoms with van der Waals surface area (Å²) in [4.78, 5) is 12.2. The number of furan rings is 1. The Bertz CT molecular complexity index is 811. The largest absolute Gasteiger partial charge is 0.469 e. The molecule has 2 aromatic rings. The Morgan fingerprint density at radius 2 is 1.75 bits per heavy atom. The van der Waals surface area contributed by atoms with Gasteiger partial charge >= 0.3 is 0 Å². The van der Waals surface area contributed by atoms with Gasteiger partial charge in [0.1, 0.15) is 5.76 Å². The Morgan fingerprint density at radius 1 is 1.12 bits per heavy atom. The third kappa shape index (κ3) is 4.26. The molecule has 0 unspecified atom stereocenters. The Kier molecular flexibility index (Phi) is 5.18. The average Bonchev–Trinajstić information content (AvgIpc) is 2.92. The smallest absolute Gasteiger partial charge is 0.254 e. The Balaban J connectivity index is 1.99. The maximum absolute atomic E-state index is 12.4. The summed E-state index contributed by atoms with van der Waals surface area (Å²) in [6, 6.07) is 8.47. The van der Waals surface area contributed by atoms with Crippen LogP contribution in [0.3, 0.4) is 0 Å². The van der Waals surface area contributed by atoms with Crippen molar-refractivity contribution in [1.82, 2.24) is 5.32 Å². The van der Waals surface area contributed by atoms with E-state index in [1.807, 2.05) is 12.1 Å². The van der Waals surface area contributed by atoms with E-state index in [4.69, 9.17) is 4.42 Å². The topological polar surface area (TPSA) is 76.4 Å². The van der Waals surface area contributed by atoms with Crippen LogP contribution in [0, 0.1) is 6.92 Å². The molecule has 5 nitrogen and oxygen atoms in total. The van der Waals surface area contributed by atoms with Crippen molar-refractivity contribution in [2.45, 2.75) is 38.0 Å². The van der Waals surface area contributed by atoms with E-state index in [0.717, 1.165) is 5.56 Å². The molecule has 0 aliphatic rings. The quantitative estimate of drug-likeness (QED) is 0.900. The van der Waals surface area contributed by atoms with Gasteiger partial charge in [0, 0.05) is 6.54 Å². The van der Waals surface area contributed by atoms with Crippen LogP contribution in [0.25, 0.3) is 0 Å². The van der Waals surface area contributed by atoms with Gasteiger partial charge in [-0.3, -0.25) is 4.79 Å². The molecule has 0 aliphatic carbocycles. The number of aryl methyl sites for hydroxylation is 1. The minimum absolute atomic E-state index is 0.0290. The predicted octanol–water partition coefficient (Wildman–Crippen LogP) is 3.09. The van der Waals surface area contributed by atoms with E-state index in [9.17, 15) is 13.2 Å². The van der Waals surface area contributed by atoms with Gasteiger partial charge in [-0.15, -0.1) is 0 Å². The van der Waals surface area contributed by atoms with Crippen LogP contribution in [-0.4, -0.2) is 26.6 Å². The van der Waals surface area contributed by atoms with Crippen LogP contribution in [0.2, 0.25) is 0 Å². The second-order valence-electron chi connectivity index (χ2n) is 6.74. The highest BCUT2D eigenvalue weighted by Crippen LogP contribution is 2.23. The van der Waals surface area contributed by atoms with Gasteiger partial charge in [0.05, 0.1) is 22.5 Å². The molecule has 2 rings (SSSR count). The molecule has 1 N–H and O–H groups in total. The fourth-order valence-electron chi connectivity index (χ4n) is 2.29. The molecule has 0 aliphatic heterocycles. The second-order valence-corrected chi connectivity index (χ2v) is 8.85. The first-order valence-electron chi connectivity index (χ1n) is 7.77. The molecule has 0 spiro atoms. The molecule has 0 saturated carbocycles. The number of rotatable bonds is 5. The van der Waals surface area contributed by atoms with Crippen molar-refractivity contribution in [3.05, 3.63) is 53.5 Å². The van der Waals surface area contributed by atoms with Crippen molar-refractivity contribution in [2.75, 3.05) is 12.3 Å². The van der Waals surface area contributed by atoms with Crippen LogP contribution in [-0.2, 0) is 15.3 Å². The maximum Gasteiger partial charge on any atom is 0.254 e. The summed E-state index contributed by atoms with van der Waals surface area (Å²) in [7, 11) is -3.44. The highest BCUT2D eigenvalue weighted by molar-refractivity contribution is 7.91. The molecule has 0 atom stereocenters. The molecule has 0 fully saturated rings. The first kappa shape index (κ1) is 18.3. The lowest BCUT2D eigenvalue weighted by molar-refractivity contribution is 0.0954. The lowest BCUT2D eigenvalue weighted by Gasteiger charge is -2.19. The van der Waals surface area contributed by atoms with Gasteiger partial charge in [0.2, 0.25) is 0 Å². The van der Waals surface area contributed by atoms with E-state index in [1.54, 1.807) is 25.1 Å². The molecular formula is C18H23NO4S. The van der Waals surface area contributed by atoms with Gasteiger partial charge in [-0.2, -0.15) is 0 Å². The maximum atomic E-state index is 12.4. The van der Waals surface area contributed by atoms with E-state index in [-0.39, 0.29) is 28.5 Å². The Morgan fingerprint density at radius 3 is 2.25 bits per heavy atom. The van der Waals surface area contributed by atoms with Crippen molar-refractivity contribution >= 4 is 15.7 Å². The zero-order valence-electron chi connectivity index (χ0n) is 14.4. The van der Waals surface area contributed by atoms with Gasteiger partial charge in [0.25, 0.3) is 5.91 Å². The van der Waals surface area contributed by atoms with Crippen LogP contribution in [0.5, 0.6) is 0 Å². The lowest BCUT2D eigenvalue weighted by atomic mass is 9.87. The van der Waals surface area contributed by atoms with Gasteiger partial charge in [0.15, 0.2) is 9.84 Å². The van der Waals surface area contributed by atoms with Crippen LogP contribution in [0.15, 0.2) is 45.9 Å². The summed E-state index contributed by atoms with van der Waals surface area (Å²) in [5, 5.41) is 2.61. The monoisotopic (exact) mass is 349 g/mol. The van der Waals surface area contributed by atoms with Gasteiger partial charge < -0.3 is 9.73 Å². The molecule has 0 saturated heterocycles. The Hall–Kier alpha value is -2.08. The molecule has 24 heavy (non-hydrogen) atoms. The fourth-order valence-corrected chi connectivity index (χ4v) is 3.45. The highest BCUT2D eigenvalue weighted by atomic mass is 32.2. The zero-order chi connectivity index (χ0) is 18.0. The van der Waals surface area contributed by atoms with Crippen LogP contribution < -0.4 is 5.32 Å². The van der Waals surface area contributed by atoms with E-state index >= 15 is 0 Å². The number of sulfone groups is 1. The number of benzene rings is 1. The molecule has 1 aromatic heterocycles. The molecule has 6 heteroatoms. The summed E-state index contributed by atoms with van der Waals surface area (Å²) in [5.41, 5.74) is 1.46. The molecule has 1 aromatic carbocycles. The standard InChI is InChI=1S/C18H23NO4S/c1-13-16(9-11-23-13)17(20)19-10-12-24(21,22)15-7-5-14(6-8-15)18(2,3)4/h5-9,11H,10,12H2,1-4H3,(H,19,20). The Labute approximate surface area is 143 Å². The van der Waals surface area contributed by atoms with Crippen molar-refractivity contribution in [3.8, 4) is 0 Å². The SMILES string of the molecule is Cc1occc1C(=O)NCCS(=O)(=O)c1ccc(C(C)(C)C)cc1. The summed E-state index contributed by atoms with van der Waals surface area (Å²) in [5.74, 6) is 0.0254. The fraction of sp³-hybridized carbons (Fsp3) is 0.389. The van der Waals surface area contributed by atoms with Crippen molar-refractivity contribution < 1.29 is 17.6 Å². The number of amides is 1. The number of hydrogen-bond acceptors (Lipinski definition) is 4. The predicted molar refractivity (Wildman–Crippen MR) is 93.0 cm³/mol. The van der Waals surface area contributed by atoms with Gasteiger partial charge in [-0.25, -0.2) is 8.42 Å². The number of carbonyl (C=O) groups is 1. The summed E-state index contributed by atoms with van der Waals surface area (Å²) in [6.07, 6.45) is 1.43. The van der Waals surface area contributed by atoms with E-state index in [1.165, 1.54) is 6.26 Å². The van der Waals surface area contributed by atoms with Gasteiger partial charge in [-0.1, -0.05) is 32.9 Å². The minimum atomic E-state index is -3.44. The number of carbonyl (C=O) groups excluding carboxylic acids is 1. The van der Waals surface area contributed by atoms with Crippen molar-refractivity contribution in [3.63, 3.8) is 0 Å². The first-order valence-corrected chi connectivity index (χ1v) is 9.42. The van der Waals surface area contributed by atoms with Crippen LogP contribution in [0.1, 0.15) is 42.5 Å².